The van der Waals surface area contributed by atoms with Crippen molar-refractivity contribution in [2.75, 3.05) is 25.9 Å². The first-order chi connectivity index (χ1) is 14.7. The topological polar surface area (TPSA) is 81.2 Å². The Hall–Kier alpha value is -1.91. The van der Waals surface area contributed by atoms with Crippen molar-refractivity contribution in [3.8, 4) is 0 Å². The van der Waals surface area contributed by atoms with E-state index in [2.05, 4.69) is 15.5 Å². The van der Waals surface area contributed by atoms with Crippen LogP contribution in [-0.4, -0.2) is 62.0 Å². The third kappa shape index (κ3) is 5.67. The van der Waals surface area contributed by atoms with Gasteiger partial charge in [-0.1, -0.05) is 17.7 Å². The summed E-state index contributed by atoms with van der Waals surface area (Å²) >= 11 is 0. The maximum absolute atomic E-state index is 13.1. The minimum atomic E-state index is -4.56. The molecule has 3 N–H and O–H groups in total. The van der Waals surface area contributed by atoms with Gasteiger partial charge in [-0.2, -0.15) is 18.3 Å². The van der Waals surface area contributed by atoms with Gasteiger partial charge in [0.05, 0.1) is 11.9 Å². The highest BCUT2D eigenvalue weighted by Crippen LogP contribution is 2.50. The van der Waals surface area contributed by atoms with E-state index in [-0.39, 0.29) is 13.1 Å². The van der Waals surface area contributed by atoms with Crippen LogP contribution in [0.3, 0.4) is 0 Å². The van der Waals surface area contributed by atoms with Crippen molar-refractivity contribution in [2.24, 2.45) is 5.41 Å². The number of H-pyrrole nitrogens is 1. The normalized spacial score (nSPS) is 23.6. The summed E-state index contributed by atoms with van der Waals surface area (Å²) in [6.45, 7) is 1.84. The molecule has 3 rings (SSSR count). The molecule has 0 aromatic carbocycles. The Balaban J connectivity index is 1.87. The number of halogens is 3. The Kier molecular flexibility index (Phi) is 7.43. The zero-order valence-corrected chi connectivity index (χ0v) is 18.5. The van der Waals surface area contributed by atoms with Crippen LogP contribution in [0.2, 0.25) is 0 Å². The highest BCUT2D eigenvalue weighted by molar-refractivity contribution is 7.82. The molecule has 1 fully saturated rings. The number of aromatic nitrogens is 2. The van der Waals surface area contributed by atoms with Crippen LogP contribution in [-0.2, 0) is 17.4 Å². The Morgan fingerprint density at radius 3 is 2.97 bits per heavy atom. The van der Waals surface area contributed by atoms with Crippen LogP contribution >= 0.6 is 0 Å². The molecule has 1 aromatic rings. The number of nitrogens with zero attached hydrogens (tertiary/aromatic N) is 2. The molecule has 0 amide bonds. The number of alkyl halides is 3. The van der Waals surface area contributed by atoms with E-state index in [9.17, 15) is 22.5 Å². The monoisotopic (exact) mass is 458 g/mol. The fourth-order valence-corrected chi connectivity index (χ4v) is 5.63. The molecule has 10 heteroatoms. The lowest BCUT2D eigenvalue weighted by Crippen LogP contribution is -2.46. The van der Waals surface area contributed by atoms with Crippen molar-refractivity contribution in [3.63, 3.8) is 0 Å². The summed E-state index contributed by atoms with van der Waals surface area (Å²) in [5, 5.41) is 20.6. The second kappa shape index (κ2) is 9.70. The van der Waals surface area contributed by atoms with Crippen molar-refractivity contribution < 1.29 is 22.5 Å². The van der Waals surface area contributed by atoms with Gasteiger partial charge in [0.25, 0.3) is 0 Å². The molecule has 1 heterocycles. The fourth-order valence-electron chi connectivity index (χ4n) is 4.47. The molecule has 0 bridgehead atoms. The molecular weight excluding hydrogens is 429 g/mol. The SMILES string of the molecule is C/C=C\C=C(/NC)C(O)CN(C[C@@]12CCCC1=Cc1[nH]ncc1C2)S(=O)CC(F)(F)F. The summed E-state index contributed by atoms with van der Waals surface area (Å²) in [6, 6.07) is 0. The van der Waals surface area contributed by atoms with E-state index in [0.29, 0.717) is 12.1 Å². The largest absolute Gasteiger partial charge is 0.401 e. The molecule has 6 nitrogen and oxygen atoms in total. The summed E-state index contributed by atoms with van der Waals surface area (Å²) < 4.78 is 53.3. The van der Waals surface area contributed by atoms with Crippen LogP contribution in [0.1, 0.15) is 37.4 Å². The highest BCUT2D eigenvalue weighted by atomic mass is 32.2. The second-order valence-electron chi connectivity index (χ2n) is 8.11. The molecule has 2 aliphatic carbocycles. The lowest BCUT2D eigenvalue weighted by Gasteiger charge is -2.38. The number of fused-ring (bicyclic) bond motifs is 2. The van der Waals surface area contributed by atoms with Gasteiger partial charge in [0.1, 0.15) is 22.8 Å². The van der Waals surface area contributed by atoms with Crippen LogP contribution in [0.25, 0.3) is 6.08 Å². The maximum Gasteiger partial charge on any atom is 0.401 e. The van der Waals surface area contributed by atoms with E-state index in [1.807, 2.05) is 13.0 Å². The van der Waals surface area contributed by atoms with Crippen molar-refractivity contribution in [2.45, 2.75) is 44.9 Å². The average molecular weight is 459 g/mol. The molecule has 172 valence electrons. The molecule has 1 saturated carbocycles. The number of hydrogen-bond acceptors (Lipinski definition) is 4. The van der Waals surface area contributed by atoms with Gasteiger partial charge in [0.15, 0.2) is 0 Å². The van der Waals surface area contributed by atoms with Crippen LogP contribution < -0.4 is 5.32 Å². The first kappa shape index (κ1) is 23.7. The van der Waals surface area contributed by atoms with Gasteiger partial charge in [-0.05, 0) is 50.3 Å². The quantitative estimate of drug-likeness (QED) is 0.497. The van der Waals surface area contributed by atoms with Gasteiger partial charge >= 0.3 is 6.18 Å². The van der Waals surface area contributed by atoms with Crippen molar-refractivity contribution in [3.05, 3.63) is 47.0 Å². The number of aromatic amines is 1. The standard InChI is InChI=1S/C21H29F3N4O2S/c1-3-4-7-17(25-2)19(29)12-28(31(30)14-21(22,23)24)13-20-8-5-6-16(20)9-18-15(10-20)11-26-27-18/h3-4,7,9,11,19,25,29H,5-6,8,10,12-14H2,1-2H3,(H,26,27)/b4-3-,17-7-/t19?,20-,31?/m0/s1. The minimum absolute atomic E-state index is 0.166. The van der Waals surface area contributed by atoms with E-state index < -0.39 is 34.4 Å². The van der Waals surface area contributed by atoms with Crippen molar-refractivity contribution in [1.29, 1.82) is 0 Å². The molecule has 0 radical (unpaired) electrons. The van der Waals surface area contributed by atoms with Gasteiger partial charge in [-0.25, -0.2) is 8.51 Å². The van der Waals surface area contributed by atoms with Crippen LogP contribution in [0, 0.1) is 5.41 Å². The summed E-state index contributed by atoms with van der Waals surface area (Å²) in [5.41, 5.74) is 3.14. The molecular formula is C21H29F3N4O2S. The predicted octanol–water partition coefficient (Wildman–Crippen LogP) is 3.09. The third-order valence-electron chi connectivity index (χ3n) is 5.93. The Morgan fingerprint density at radius 1 is 1.52 bits per heavy atom. The summed E-state index contributed by atoms with van der Waals surface area (Å²) in [7, 11) is -0.679. The lowest BCUT2D eigenvalue weighted by atomic mass is 9.73. The summed E-state index contributed by atoms with van der Waals surface area (Å²) in [6.07, 6.45) is 6.49. The molecule has 31 heavy (non-hydrogen) atoms. The first-order valence-electron chi connectivity index (χ1n) is 10.3. The molecule has 2 unspecified atom stereocenters. The van der Waals surface area contributed by atoms with E-state index in [0.717, 1.165) is 36.1 Å². The van der Waals surface area contributed by atoms with Gasteiger partial charge < -0.3 is 10.4 Å². The lowest BCUT2D eigenvalue weighted by molar-refractivity contribution is -0.106. The zero-order valence-electron chi connectivity index (χ0n) is 17.7. The number of allylic oxidation sites excluding steroid dienone is 3. The van der Waals surface area contributed by atoms with Gasteiger partial charge in [-0.15, -0.1) is 0 Å². The summed E-state index contributed by atoms with van der Waals surface area (Å²) in [4.78, 5) is 0. The van der Waals surface area contributed by atoms with E-state index in [4.69, 9.17) is 0 Å². The third-order valence-corrected chi connectivity index (χ3v) is 7.36. The smallest absolute Gasteiger partial charge is 0.389 e. The molecule has 0 saturated heterocycles. The number of hydrogen-bond donors (Lipinski definition) is 3. The highest BCUT2D eigenvalue weighted by Gasteiger charge is 2.45. The molecule has 0 aliphatic heterocycles. The van der Waals surface area contributed by atoms with E-state index >= 15 is 0 Å². The maximum atomic E-state index is 13.1. The molecule has 3 atom stereocenters. The van der Waals surface area contributed by atoms with Gasteiger partial charge in [-0.3, -0.25) is 5.10 Å². The Bertz CT molecular complexity index is 893. The summed E-state index contributed by atoms with van der Waals surface area (Å²) in [5.74, 6) is -1.43. The number of likely N-dealkylation sites (N-methyl/N-ethyl adjacent to an activating group) is 1. The number of aliphatic hydroxyl groups is 1. The van der Waals surface area contributed by atoms with E-state index in [1.54, 1.807) is 31.5 Å². The van der Waals surface area contributed by atoms with Crippen molar-refractivity contribution >= 4 is 17.1 Å². The first-order valence-corrected chi connectivity index (χ1v) is 11.6. The minimum Gasteiger partial charge on any atom is -0.389 e. The average Bonchev–Trinajstić information content (AvgIpc) is 3.30. The van der Waals surface area contributed by atoms with E-state index in [1.165, 1.54) is 4.31 Å². The van der Waals surface area contributed by atoms with Crippen molar-refractivity contribution in [1.82, 2.24) is 19.8 Å². The Morgan fingerprint density at radius 2 is 2.29 bits per heavy atom. The van der Waals surface area contributed by atoms with Crippen LogP contribution in [0.5, 0.6) is 0 Å². The number of rotatable bonds is 9. The number of aliphatic hydroxyl groups excluding tert-OH is 1. The Labute approximate surface area is 182 Å². The van der Waals surface area contributed by atoms with Gasteiger partial charge in [0.2, 0.25) is 0 Å². The van der Waals surface area contributed by atoms with Crippen LogP contribution in [0.4, 0.5) is 13.2 Å². The zero-order chi connectivity index (χ0) is 22.6. The molecule has 2 aliphatic rings. The predicted molar refractivity (Wildman–Crippen MR) is 115 cm³/mol. The molecule has 1 aromatic heterocycles. The number of nitrogens with one attached hydrogen (secondary N) is 2. The molecule has 0 spiro atoms. The second-order valence-corrected chi connectivity index (χ2v) is 9.55. The van der Waals surface area contributed by atoms with Gasteiger partial charge in [0, 0.05) is 31.2 Å². The fraction of sp³-hybridized carbons (Fsp3) is 0.571. The van der Waals surface area contributed by atoms with Crippen LogP contribution in [0.15, 0.2) is 35.7 Å².